The van der Waals surface area contributed by atoms with Crippen LogP contribution in [0.4, 0.5) is 8.78 Å². The highest BCUT2D eigenvalue weighted by molar-refractivity contribution is 5.29. The zero-order valence-corrected chi connectivity index (χ0v) is 9.42. The molecular weight excluding hydrogens is 208 g/mol. The minimum atomic E-state index is -2.49. The van der Waals surface area contributed by atoms with Gasteiger partial charge in [-0.05, 0) is 43.2 Å². The van der Waals surface area contributed by atoms with Gasteiger partial charge in [-0.3, -0.25) is 0 Å². The molecule has 3 heteroatoms. The second-order valence-electron chi connectivity index (χ2n) is 5.00. The first-order chi connectivity index (χ1) is 7.49. The fourth-order valence-electron chi connectivity index (χ4n) is 1.84. The molecule has 1 aromatic carbocycles. The van der Waals surface area contributed by atoms with Gasteiger partial charge in [0, 0.05) is 0 Å². The Balaban J connectivity index is 2.04. The van der Waals surface area contributed by atoms with Crippen LogP contribution >= 0.6 is 0 Å². The van der Waals surface area contributed by atoms with Crippen molar-refractivity contribution in [2.45, 2.75) is 44.1 Å². The maximum atomic E-state index is 12.6. The number of nitrogens with two attached hydrogens (primary N) is 1. The van der Waals surface area contributed by atoms with Gasteiger partial charge < -0.3 is 5.73 Å². The van der Waals surface area contributed by atoms with Gasteiger partial charge in [-0.25, -0.2) is 8.78 Å². The highest BCUT2D eigenvalue weighted by Crippen LogP contribution is 2.40. The molecule has 1 saturated carbocycles. The van der Waals surface area contributed by atoms with Crippen LogP contribution in [0.2, 0.25) is 0 Å². The molecule has 1 aliphatic carbocycles. The van der Waals surface area contributed by atoms with Gasteiger partial charge in [-0.2, -0.15) is 0 Å². The van der Waals surface area contributed by atoms with Crippen molar-refractivity contribution in [3.8, 4) is 0 Å². The topological polar surface area (TPSA) is 26.0 Å². The summed E-state index contributed by atoms with van der Waals surface area (Å²) in [5.74, 6) is 0.702. The van der Waals surface area contributed by atoms with E-state index in [-0.39, 0.29) is 6.42 Å². The summed E-state index contributed by atoms with van der Waals surface area (Å²) in [6.45, 7) is 1.40. The molecule has 16 heavy (non-hydrogen) atoms. The predicted molar refractivity (Wildman–Crippen MR) is 60.7 cm³/mol. The Hall–Kier alpha value is -0.960. The summed E-state index contributed by atoms with van der Waals surface area (Å²) in [4.78, 5) is 0. The summed E-state index contributed by atoms with van der Waals surface area (Å²) in [6, 6.07) is 7.91. The lowest BCUT2D eigenvalue weighted by Gasteiger charge is -2.23. The van der Waals surface area contributed by atoms with E-state index in [1.165, 1.54) is 25.3 Å². The summed E-state index contributed by atoms with van der Waals surface area (Å²) in [7, 11) is 0. The fourth-order valence-corrected chi connectivity index (χ4v) is 1.84. The standard InChI is InChI=1S/C13H17F2N/c1-13(16,12(14)15)8-9-2-4-10(5-3-9)11-6-7-11/h2-5,11-12H,6-8,16H2,1H3. The van der Waals surface area contributed by atoms with Crippen LogP contribution in [0.15, 0.2) is 24.3 Å². The van der Waals surface area contributed by atoms with Crippen molar-refractivity contribution < 1.29 is 8.78 Å². The molecule has 1 fully saturated rings. The summed E-state index contributed by atoms with van der Waals surface area (Å²) in [5.41, 5.74) is 6.33. The first-order valence-corrected chi connectivity index (χ1v) is 5.65. The summed E-state index contributed by atoms with van der Waals surface area (Å²) in [5, 5.41) is 0. The van der Waals surface area contributed by atoms with E-state index in [2.05, 4.69) is 0 Å². The number of halogens is 2. The van der Waals surface area contributed by atoms with Crippen molar-refractivity contribution in [1.29, 1.82) is 0 Å². The molecule has 0 saturated heterocycles. The maximum Gasteiger partial charge on any atom is 0.256 e. The molecule has 88 valence electrons. The molecule has 0 heterocycles. The van der Waals surface area contributed by atoms with E-state index in [1.54, 1.807) is 0 Å². The first-order valence-electron chi connectivity index (χ1n) is 5.65. The molecule has 0 aromatic heterocycles. The number of benzene rings is 1. The van der Waals surface area contributed by atoms with Gasteiger partial charge in [-0.1, -0.05) is 24.3 Å². The first kappa shape index (κ1) is 11.5. The number of alkyl halides is 2. The van der Waals surface area contributed by atoms with Crippen LogP contribution in [0, 0.1) is 0 Å². The second-order valence-corrected chi connectivity index (χ2v) is 5.00. The zero-order chi connectivity index (χ0) is 11.8. The Kier molecular flexibility index (Phi) is 2.98. The molecule has 0 aliphatic heterocycles. The van der Waals surface area contributed by atoms with E-state index in [1.807, 2.05) is 24.3 Å². The molecule has 1 aromatic rings. The van der Waals surface area contributed by atoms with Gasteiger partial charge in [0.2, 0.25) is 0 Å². The highest BCUT2D eigenvalue weighted by atomic mass is 19.3. The second kappa shape index (κ2) is 4.13. The Bertz CT molecular complexity index is 353. The Morgan fingerprint density at radius 1 is 1.31 bits per heavy atom. The number of rotatable bonds is 4. The molecule has 0 spiro atoms. The molecule has 0 amide bonds. The van der Waals surface area contributed by atoms with E-state index in [4.69, 9.17) is 5.73 Å². The van der Waals surface area contributed by atoms with E-state index in [0.29, 0.717) is 5.92 Å². The highest BCUT2D eigenvalue weighted by Gasteiger charge is 2.30. The Morgan fingerprint density at radius 2 is 1.88 bits per heavy atom. The van der Waals surface area contributed by atoms with Gasteiger partial charge in [0.1, 0.15) is 0 Å². The van der Waals surface area contributed by atoms with Gasteiger partial charge in [0.15, 0.2) is 0 Å². The van der Waals surface area contributed by atoms with Crippen LogP contribution in [0.5, 0.6) is 0 Å². The predicted octanol–water partition coefficient (Wildman–Crippen LogP) is 3.09. The number of hydrogen-bond acceptors (Lipinski definition) is 1. The summed E-state index contributed by atoms with van der Waals surface area (Å²) >= 11 is 0. The van der Waals surface area contributed by atoms with Crippen molar-refractivity contribution in [2.24, 2.45) is 5.73 Å². The minimum absolute atomic E-state index is 0.218. The molecule has 1 nitrogen and oxygen atoms in total. The van der Waals surface area contributed by atoms with Crippen LogP contribution in [0.25, 0.3) is 0 Å². The SMILES string of the molecule is CC(N)(Cc1ccc(C2CC2)cc1)C(F)F. The average Bonchev–Trinajstić information content (AvgIpc) is 3.01. The maximum absolute atomic E-state index is 12.6. The molecule has 1 atom stereocenters. The van der Waals surface area contributed by atoms with E-state index >= 15 is 0 Å². The van der Waals surface area contributed by atoms with E-state index in [9.17, 15) is 8.78 Å². The van der Waals surface area contributed by atoms with E-state index in [0.717, 1.165) is 5.56 Å². The van der Waals surface area contributed by atoms with Crippen LogP contribution in [-0.2, 0) is 6.42 Å². The van der Waals surface area contributed by atoms with Gasteiger partial charge >= 0.3 is 0 Å². The van der Waals surface area contributed by atoms with Gasteiger partial charge in [0.25, 0.3) is 6.43 Å². The molecule has 0 bridgehead atoms. The Morgan fingerprint density at radius 3 is 2.31 bits per heavy atom. The van der Waals surface area contributed by atoms with Crippen molar-refractivity contribution in [3.05, 3.63) is 35.4 Å². The molecule has 2 N–H and O–H groups in total. The zero-order valence-electron chi connectivity index (χ0n) is 9.42. The smallest absolute Gasteiger partial charge is 0.256 e. The lowest BCUT2D eigenvalue weighted by atomic mass is 9.93. The molecule has 0 radical (unpaired) electrons. The average molecular weight is 225 g/mol. The van der Waals surface area contributed by atoms with Gasteiger partial charge in [-0.15, -0.1) is 0 Å². The Labute approximate surface area is 94.7 Å². The van der Waals surface area contributed by atoms with Crippen LogP contribution in [0.1, 0.15) is 36.8 Å². The normalized spacial score (nSPS) is 19.8. The largest absolute Gasteiger partial charge is 0.320 e. The summed E-state index contributed by atoms with van der Waals surface area (Å²) in [6.07, 6.45) is 0.238. The molecule has 1 unspecified atom stereocenters. The van der Waals surface area contributed by atoms with Crippen LogP contribution < -0.4 is 5.73 Å². The van der Waals surface area contributed by atoms with Crippen molar-refractivity contribution in [2.75, 3.05) is 0 Å². The van der Waals surface area contributed by atoms with Crippen LogP contribution in [-0.4, -0.2) is 12.0 Å². The quantitative estimate of drug-likeness (QED) is 0.837. The molecular formula is C13H17F2N. The van der Waals surface area contributed by atoms with Crippen molar-refractivity contribution >= 4 is 0 Å². The lowest BCUT2D eigenvalue weighted by Crippen LogP contribution is -2.45. The van der Waals surface area contributed by atoms with Crippen LogP contribution in [0.3, 0.4) is 0 Å². The third-order valence-corrected chi connectivity index (χ3v) is 3.11. The molecule has 2 rings (SSSR count). The molecule has 1 aliphatic rings. The lowest BCUT2D eigenvalue weighted by molar-refractivity contribution is 0.0639. The third-order valence-electron chi connectivity index (χ3n) is 3.11. The van der Waals surface area contributed by atoms with Crippen molar-refractivity contribution in [3.63, 3.8) is 0 Å². The monoisotopic (exact) mass is 225 g/mol. The fraction of sp³-hybridized carbons (Fsp3) is 0.538. The van der Waals surface area contributed by atoms with Crippen molar-refractivity contribution in [1.82, 2.24) is 0 Å². The number of hydrogen-bond donors (Lipinski definition) is 1. The third kappa shape index (κ3) is 2.59. The summed E-state index contributed by atoms with van der Waals surface area (Å²) < 4.78 is 25.2. The van der Waals surface area contributed by atoms with Gasteiger partial charge in [0.05, 0.1) is 5.54 Å². The minimum Gasteiger partial charge on any atom is -0.320 e. The van der Waals surface area contributed by atoms with E-state index < -0.39 is 12.0 Å².